The van der Waals surface area contributed by atoms with Gasteiger partial charge in [-0.3, -0.25) is 4.90 Å². The van der Waals surface area contributed by atoms with Gasteiger partial charge in [0, 0.05) is 12.1 Å². The molecule has 2 aliphatic carbocycles. The summed E-state index contributed by atoms with van der Waals surface area (Å²) in [5, 5.41) is 0. The third-order valence-electron chi connectivity index (χ3n) is 3.95. The summed E-state index contributed by atoms with van der Waals surface area (Å²) in [7, 11) is 0. The van der Waals surface area contributed by atoms with Gasteiger partial charge in [-0.05, 0) is 32.2 Å². The maximum Gasteiger partial charge on any atom is 0.00980 e. The summed E-state index contributed by atoms with van der Waals surface area (Å²) in [5.74, 6) is 0. The Morgan fingerprint density at radius 3 is 1.54 bits per heavy atom. The van der Waals surface area contributed by atoms with Crippen LogP contribution in [0.4, 0.5) is 0 Å². The van der Waals surface area contributed by atoms with Crippen LogP contribution in [-0.2, 0) is 0 Å². The topological polar surface area (TPSA) is 3.24 Å². The maximum atomic E-state index is 2.81. The predicted octanol–water partition coefficient (Wildman–Crippen LogP) is 3.19. The van der Waals surface area contributed by atoms with Crippen molar-refractivity contribution >= 4 is 0 Å². The van der Waals surface area contributed by atoms with Crippen molar-refractivity contribution in [2.24, 2.45) is 0 Å². The summed E-state index contributed by atoms with van der Waals surface area (Å²) in [5.41, 5.74) is 0. The molecule has 2 saturated carbocycles. The molecule has 0 aromatic carbocycles. The van der Waals surface area contributed by atoms with Gasteiger partial charge in [0.25, 0.3) is 0 Å². The monoisotopic (exact) mass is 181 g/mol. The number of hydrogen-bond acceptors (Lipinski definition) is 1. The fourth-order valence-corrected chi connectivity index (χ4v) is 3.29. The van der Waals surface area contributed by atoms with E-state index in [9.17, 15) is 0 Å². The standard InChI is InChI=1S/C12H23N/c1-2-13(11-7-3-4-8-11)12-9-5-6-10-12/h11-12H,2-10H2,1H3. The van der Waals surface area contributed by atoms with Crippen LogP contribution in [0.25, 0.3) is 0 Å². The first kappa shape index (κ1) is 9.51. The highest BCUT2D eigenvalue weighted by Crippen LogP contribution is 2.30. The Bertz CT molecular complexity index is 127. The first-order valence-electron chi connectivity index (χ1n) is 6.17. The van der Waals surface area contributed by atoms with Crippen LogP contribution in [0.5, 0.6) is 0 Å². The van der Waals surface area contributed by atoms with Crippen molar-refractivity contribution in [3.05, 3.63) is 0 Å². The van der Waals surface area contributed by atoms with Gasteiger partial charge in [0.15, 0.2) is 0 Å². The van der Waals surface area contributed by atoms with E-state index in [1.54, 1.807) is 0 Å². The molecule has 2 aliphatic rings. The van der Waals surface area contributed by atoms with Crippen LogP contribution in [-0.4, -0.2) is 23.5 Å². The zero-order valence-corrected chi connectivity index (χ0v) is 8.97. The molecule has 0 atom stereocenters. The van der Waals surface area contributed by atoms with E-state index >= 15 is 0 Å². The van der Waals surface area contributed by atoms with Gasteiger partial charge in [-0.15, -0.1) is 0 Å². The lowest BCUT2D eigenvalue weighted by atomic mass is 10.1. The van der Waals surface area contributed by atoms with Gasteiger partial charge in [-0.1, -0.05) is 32.6 Å². The van der Waals surface area contributed by atoms with Gasteiger partial charge in [0.05, 0.1) is 0 Å². The van der Waals surface area contributed by atoms with Crippen LogP contribution in [0.1, 0.15) is 58.3 Å². The van der Waals surface area contributed by atoms with Gasteiger partial charge in [-0.25, -0.2) is 0 Å². The highest BCUT2D eigenvalue weighted by molar-refractivity contribution is 4.84. The fourth-order valence-electron chi connectivity index (χ4n) is 3.29. The second-order valence-corrected chi connectivity index (χ2v) is 4.71. The van der Waals surface area contributed by atoms with Gasteiger partial charge in [-0.2, -0.15) is 0 Å². The van der Waals surface area contributed by atoms with Crippen LogP contribution < -0.4 is 0 Å². The molecule has 0 radical (unpaired) electrons. The molecular formula is C12H23N. The molecule has 76 valence electrons. The molecule has 0 aromatic heterocycles. The van der Waals surface area contributed by atoms with E-state index < -0.39 is 0 Å². The first-order valence-corrected chi connectivity index (χ1v) is 6.17. The minimum atomic E-state index is 0.952. The normalized spacial score (nSPS) is 26.3. The maximum absolute atomic E-state index is 2.81. The highest BCUT2D eigenvalue weighted by atomic mass is 15.2. The van der Waals surface area contributed by atoms with E-state index in [4.69, 9.17) is 0 Å². The van der Waals surface area contributed by atoms with Crippen LogP contribution >= 0.6 is 0 Å². The van der Waals surface area contributed by atoms with Crippen molar-refractivity contribution in [2.45, 2.75) is 70.4 Å². The minimum Gasteiger partial charge on any atom is -0.298 e. The van der Waals surface area contributed by atoms with Crippen LogP contribution in [0, 0.1) is 0 Å². The molecule has 2 fully saturated rings. The second-order valence-electron chi connectivity index (χ2n) is 4.71. The van der Waals surface area contributed by atoms with E-state index in [1.165, 1.54) is 57.9 Å². The quantitative estimate of drug-likeness (QED) is 0.646. The van der Waals surface area contributed by atoms with Gasteiger partial charge in [0.1, 0.15) is 0 Å². The number of nitrogens with zero attached hydrogens (tertiary/aromatic N) is 1. The van der Waals surface area contributed by atoms with Crippen molar-refractivity contribution in [3.63, 3.8) is 0 Å². The Labute approximate surface area is 82.5 Å². The zero-order valence-electron chi connectivity index (χ0n) is 8.97. The van der Waals surface area contributed by atoms with Crippen molar-refractivity contribution in [2.75, 3.05) is 6.54 Å². The molecule has 0 spiro atoms. The third kappa shape index (κ3) is 2.07. The Morgan fingerprint density at radius 2 is 1.23 bits per heavy atom. The lowest BCUT2D eigenvalue weighted by molar-refractivity contribution is 0.145. The molecule has 0 aromatic rings. The fraction of sp³-hybridized carbons (Fsp3) is 1.00. The molecule has 1 heteroatoms. The van der Waals surface area contributed by atoms with Crippen LogP contribution in [0.3, 0.4) is 0 Å². The average Bonchev–Trinajstić information content (AvgIpc) is 2.76. The first-order chi connectivity index (χ1) is 6.42. The molecule has 0 amide bonds. The largest absolute Gasteiger partial charge is 0.298 e. The minimum absolute atomic E-state index is 0.952. The number of hydrogen-bond donors (Lipinski definition) is 0. The smallest absolute Gasteiger partial charge is 0.00980 e. The van der Waals surface area contributed by atoms with Gasteiger partial charge >= 0.3 is 0 Å². The Kier molecular flexibility index (Phi) is 3.26. The number of rotatable bonds is 3. The molecule has 13 heavy (non-hydrogen) atoms. The summed E-state index contributed by atoms with van der Waals surface area (Å²) >= 11 is 0. The van der Waals surface area contributed by atoms with Crippen molar-refractivity contribution in [1.82, 2.24) is 4.90 Å². The third-order valence-corrected chi connectivity index (χ3v) is 3.95. The zero-order chi connectivity index (χ0) is 9.10. The SMILES string of the molecule is CCN(C1CCCC1)C1CCCC1. The lowest BCUT2D eigenvalue weighted by Gasteiger charge is -2.33. The van der Waals surface area contributed by atoms with Crippen LogP contribution in [0.15, 0.2) is 0 Å². The molecule has 0 N–H and O–H groups in total. The molecule has 0 heterocycles. The van der Waals surface area contributed by atoms with E-state index in [0.29, 0.717) is 0 Å². The molecule has 1 nitrogen and oxygen atoms in total. The van der Waals surface area contributed by atoms with Crippen molar-refractivity contribution in [1.29, 1.82) is 0 Å². The molecule has 0 saturated heterocycles. The van der Waals surface area contributed by atoms with Crippen molar-refractivity contribution < 1.29 is 0 Å². The lowest BCUT2D eigenvalue weighted by Crippen LogP contribution is -2.40. The summed E-state index contributed by atoms with van der Waals surface area (Å²) in [6, 6.07) is 1.90. The van der Waals surface area contributed by atoms with Crippen molar-refractivity contribution in [3.8, 4) is 0 Å². The van der Waals surface area contributed by atoms with E-state index in [1.807, 2.05) is 0 Å². The predicted molar refractivity (Wildman–Crippen MR) is 56.9 cm³/mol. The summed E-state index contributed by atoms with van der Waals surface area (Å²) in [6.07, 6.45) is 11.8. The average molecular weight is 181 g/mol. The summed E-state index contributed by atoms with van der Waals surface area (Å²) < 4.78 is 0. The second kappa shape index (κ2) is 4.45. The Morgan fingerprint density at radius 1 is 0.846 bits per heavy atom. The Balaban J connectivity index is 1.90. The summed E-state index contributed by atoms with van der Waals surface area (Å²) in [6.45, 7) is 3.63. The molecule has 2 rings (SSSR count). The van der Waals surface area contributed by atoms with Gasteiger partial charge < -0.3 is 0 Å². The van der Waals surface area contributed by atoms with Gasteiger partial charge in [0.2, 0.25) is 0 Å². The molecule has 0 unspecified atom stereocenters. The molecule has 0 bridgehead atoms. The van der Waals surface area contributed by atoms with Crippen LogP contribution in [0.2, 0.25) is 0 Å². The van der Waals surface area contributed by atoms with E-state index in [0.717, 1.165) is 12.1 Å². The summed E-state index contributed by atoms with van der Waals surface area (Å²) in [4.78, 5) is 2.81. The molecular weight excluding hydrogens is 158 g/mol. The molecule has 0 aliphatic heterocycles. The van der Waals surface area contributed by atoms with E-state index in [2.05, 4.69) is 11.8 Å². The van der Waals surface area contributed by atoms with E-state index in [-0.39, 0.29) is 0 Å². The Hall–Kier alpha value is -0.0400. The highest BCUT2D eigenvalue weighted by Gasteiger charge is 2.28.